The van der Waals surface area contributed by atoms with E-state index in [1.54, 1.807) is 22.7 Å². The number of aryl methyl sites for hydroxylation is 2. The van der Waals surface area contributed by atoms with Gasteiger partial charge in [0.15, 0.2) is 0 Å². The van der Waals surface area contributed by atoms with Gasteiger partial charge in [0, 0.05) is 24.0 Å². The highest BCUT2D eigenvalue weighted by Crippen LogP contribution is 2.39. The zero-order chi connectivity index (χ0) is 24.2. The van der Waals surface area contributed by atoms with Gasteiger partial charge in [0.1, 0.15) is 0 Å². The molecule has 2 aromatic heterocycles. The molecule has 36 heavy (non-hydrogen) atoms. The quantitative estimate of drug-likeness (QED) is 0.218. The predicted octanol–water partition coefficient (Wildman–Crippen LogP) is 9.05. The van der Waals surface area contributed by atoms with E-state index in [0.29, 0.717) is 0 Å². The van der Waals surface area contributed by atoms with Crippen LogP contribution in [0, 0.1) is 0 Å². The van der Waals surface area contributed by atoms with E-state index in [9.17, 15) is 0 Å². The number of benzene rings is 4. The number of thiazole rings is 2. The van der Waals surface area contributed by atoms with Crippen molar-refractivity contribution >= 4 is 22.7 Å². The molecule has 0 spiro atoms. The van der Waals surface area contributed by atoms with Crippen molar-refractivity contribution in [3.8, 4) is 43.4 Å². The lowest BCUT2D eigenvalue weighted by molar-refractivity contribution is 0.932. The van der Waals surface area contributed by atoms with Gasteiger partial charge in [0.25, 0.3) is 0 Å². The van der Waals surface area contributed by atoms with Crippen LogP contribution in [0.25, 0.3) is 43.4 Å². The van der Waals surface area contributed by atoms with Crippen molar-refractivity contribution in [3.63, 3.8) is 0 Å². The molecule has 0 fully saturated rings. The number of hydrogen-bond donors (Lipinski definition) is 0. The van der Waals surface area contributed by atoms with Gasteiger partial charge >= 0.3 is 0 Å². The van der Waals surface area contributed by atoms with E-state index in [2.05, 4.69) is 121 Å². The van der Waals surface area contributed by atoms with Gasteiger partial charge in [-0.2, -0.15) is 0 Å². The van der Waals surface area contributed by atoms with Crippen molar-refractivity contribution in [1.82, 2.24) is 9.97 Å². The summed E-state index contributed by atoms with van der Waals surface area (Å²) in [6.45, 7) is 0. The van der Waals surface area contributed by atoms with E-state index < -0.39 is 0 Å². The van der Waals surface area contributed by atoms with Gasteiger partial charge in [-0.15, -0.1) is 22.7 Å². The Balaban J connectivity index is 1.33. The van der Waals surface area contributed by atoms with Crippen LogP contribution >= 0.6 is 22.7 Å². The van der Waals surface area contributed by atoms with Gasteiger partial charge in [-0.05, 0) is 11.1 Å². The molecular formula is C32H24N2S2. The zero-order valence-corrected chi connectivity index (χ0v) is 21.3. The molecule has 0 bridgehead atoms. The Bertz CT molecular complexity index is 1320. The van der Waals surface area contributed by atoms with E-state index in [4.69, 9.17) is 9.97 Å². The van der Waals surface area contributed by atoms with E-state index in [0.717, 1.165) is 45.4 Å². The smallest absolute Gasteiger partial charge is 0.0943 e. The fourth-order valence-electron chi connectivity index (χ4n) is 4.31. The molecule has 0 radical (unpaired) electrons. The second kappa shape index (κ2) is 10.4. The minimum atomic E-state index is 0.868. The summed E-state index contributed by atoms with van der Waals surface area (Å²) in [5, 5.41) is 2.29. The molecule has 0 atom stereocenters. The Kier molecular flexibility index (Phi) is 6.53. The van der Waals surface area contributed by atoms with Gasteiger partial charge in [-0.3, -0.25) is 0 Å². The van der Waals surface area contributed by atoms with Crippen LogP contribution in [0.15, 0.2) is 121 Å². The largest absolute Gasteiger partial charge is 0.241 e. The van der Waals surface area contributed by atoms with E-state index in [1.807, 2.05) is 0 Å². The molecule has 0 aliphatic rings. The summed E-state index contributed by atoms with van der Waals surface area (Å²) in [5.41, 5.74) is 6.88. The molecule has 4 aromatic carbocycles. The zero-order valence-electron chi connectivity index (χ0n) is 19.7. The third kappa shape index (κ3) is 4.78. The molecule has 6 aromatic rings. The molecule has 2 nitrogen and oxygen atoms in total. The third-order valence-corrected chi connectivity index (χ3v) is 8.39. The van der Waals surface area contributed by atoms with Crippen LogP contribution < -0.4 is 0 Å². The summed E-state index contributed by atoms with van der Waals surface area (Å²) in [6.07, 6.45) is 1.74. The molecule has 174 valence electrons. The van der Waals surface area contributed by atoms with Crippen LogP contribution in [0.3, 0.4) is 0 Å². The summed E-state index contributed by atoms with van der Waals surface area (Å²) >= 11 is 3.59. The van der Waals surface area contributed by atoms with Crippen molar-refractivity contribution in [2.75, 3.05) is 0 Å². The first-order chi connectivity index (χ1) is 17.8. The van der Waals surface area contributed by atoms with Gasteiger partial charge < -0.3 is 0 Å². The summed E-state index contributed by atoms with van der Waals surface area (Å²) in [7, 11) is 0. The average molecular weight is 501 g/mol. The van der Waals surface area contributed by atoms with Crippen LogP contribution in [-0.4, -0.2) is 9.97 Å². The molecule has 2 heterocycles. The molecule has 0 aliphatic carbocycles. The molecule has 0 N–H and O–H groups in total. The topological polar surface area (TPSA) is 25.8 Å². The maximum absolute atomic E-state index is 5.11. The van der Waals surface area contributed by atoms with E-state index >= 15 is 0 Å². The Labute approximate surface area is 219 Å². The minimum Gasteiger partial charge on any atom is -0.241 e. The van der Waals surface area contributed by atoms with Gasteiger partial charge in [-0.1, -0.05) is 121 Å². The lowest BCUT2D eigenvalue weighted by Gasteiger charge is -2.02. The fourth-order valence-corrected chi connectivity index (χ4v) is 6.49. The Hall–Kier alpha value is -3.86. The highest BCUT2D eigenvalue weighted by Gasteiger charge is 2.18. The van der Waals surface area contributed by atoms with Crippen molar-refractivity contribution in [3.05, 3.63) is 131 Å². The first-order valence-electron chi connectivity index (χ1n) is 12.1. The molecule has 6 rings (SSSR count). The van der Waals surface area contributed by atoms with Crippen LogP contribution in [-0.2, 0) is 12.8 Å². The van der Waals surface area contributed by atoms with Crippen LogP contribution in [0.4, 0.5) is 0 Å². The van der Waals surface area contributed by atoms with Gasteiger partial charge in [-0.25, -0.2) is 9.97 Å². The number of rotatable bonds is 7. The first kappa shape index (κ1) is 22.6. The first-order valence-corrected chi connectivity index (χ1v) is 13.7. The molecule has 0 unspecified atom stereocenters. The van der Waals surface area contributed by atoms with E-state index in [1.165, 1.54) is 20.9 Å². The summed E-state index contributed by atoms with van der Waals surface area (Å²) in [6, 6.07) is 42.2. The molecule has 4 heteroatoms. The van der Waals surface area contributed by atoms with Crippen LogP contribution in [0.2, 0.25) is 0 Å². The molecule has 0 amide bonds. The molecule has 0 saturated carbocycles. The normalized spacial score (nSPS) is 11.0. The summed E-state index contributed by atoms with van der Waals surface area (Å²) in [5.74, 6) is 0. The van der Waals surface area contributed by atoms with E-state index in [-0.39, 0.29) is 0 Å². The summed E-state index contributed by atoms with van der Waals surface area (Å²) < 4.78 is 0. The Morgan fingerprint density at radius 1 is 0.389 bits per heavy atom. The number of hydrogen-bond acceptors (Lipinski definition) is 4. The Morgan fingerprint density at radius 2 is 0.694 bits per heavy atom. The SMILES string of the molecule is c1ccc(-c2nc(CCc3nc(-c4ccccc4)c(-c4ccccc4)s3)sc2-c2ccccc2)cc1. The fraction of sp³-hybridized carbons (Fsp3) is 0.0625. The minimum absolute atomic E-state index is 0.868. The third-order valence-electron chi connectivity index (χ3n) is 6.06. The predicted molar refractivity (Wildman–Crippen MR) is 153 cm³/mol. The van der Waals surface area contributed by atoms with Crippen molar-refractivity contribution in [2.45, 2.75) is 12.8 Å². The number of nitrogens with zero attached hydrogens (tertiary/aromatic N) is 2. The van der Waals surface area contributed by atoms with Crippen molar-refractivity contribution < 1.29 is 0 Å². The van der Waals surface area contributed by atoms with Gasteiger partial charge in [0.2, 0.25) is 0 Å². The van der Waals surface area contributed by atoms with Crippen molar-refractivity contribution in [1.29, 1.82) is 0 Å². The van der Waals surface area contributed by atoms with Crippen LogP contribution in [0.5, 0.6) is 0 Å². The molecular weight excluding hydrogens is 477 g/mol. The average Bonchev–Trinajstić information content (AvgIpc) is 3.59. The second-order valence-corrected chi connectivity index (χ2v) is 10.7. The Morgan fingerprint density at radius 3 is 1.03 bits per heavy atom. The standard InChI is InChI=1S/C32H24N2S2/c1-5-13-23(14-6-1)29-31(25-17-9-3-10-18-25)35-27(33-29)21-22-28-34-30(24-15-7-2-8-16-24)32(36-28)26-19-11-4-12-20-26/h1-20H,21-22H2. The summed E-state index contributed by atoms with van der Waals surface area (Å²) in [4.78, 5) is 12.7. The van der Waals surface area contributed by atoms with Crippen molar-refractivity contribution in [2.24, 2.45) is 0 Å². The molecule has 0 aliphatic heterocycles. The maximum atomic E-state index is 5.11. The highest BCUT2D eigenvalue weighted by molar-refractivity contribution is 7.16. The monoisotopic (exact) mass is 500 g/mol. The highest BCUT2D eigenvalue weighted by atomic mass is 32.1. The van der Waals surface area contributed by atoms with Gasteiger partial charge in [0.05, 0.1) is 31.2 Å². The lowest BCUT2D eigenvalue weighted by Crippen LogP contribution is -1.91. The van der Waals surface area contributed by atoms with Crippen LogP contribution in [0.1, 0.15) is 10.0 Å². The second-order valence-electron chi connectivity index (χ2n) is 8.53. The number of aromatic nitrogens is 2. The maximum Gasteiger partial charge on any atom is 0.0943 e. The molecule has 0 saturated heterocycles. The lowest BCUT2D eigenvalue weighted by atomic mass is 10.1.